The van der Waals surface area contributed by atoms with E-state index in [-0.39, 0.29) is 17.4 Å². The number of aryl methyl sites for hydroxylation is 1. The number of Topliss-reactive ketones (excluding diaryl/α,β-unsaturated/α-hetero) is 1. The summed E-state index contributed by atoms with van der Waals surface area (Å²) in [7, 11) is 0. The molecule has 0 unspecified atom stereocenters. The molecular weight excluding hydrogens is 417 g/mol. The normalized spacial score (nSPS) is 11.1. The molecular formula is C20H13ClFN3OS2. The average molecular weight is 430 g/mol. The molecule has 28 heavy (non-hydrogen) atoms. The first kappa shape index (κ1) is 19.0. The van der Waals surface area contributed by atoms with Crippen LogP contribution in [0.1, 0.15) is 15.4 Å². The summed E-state index contributed by atoms with van der Waals surface area (Å²) in [5, 5.41) is 10.7. The van der Waals surface area contributed by atoms with E-state index in [0.717, 1.165) is 15.3 Å². The van der Waals surface area contributed by atoms with E-state index in [1.807, 2.05) is 6.92 Å². The van der Waals surface area contributed by atoms with Gasteiger partial charge in [0.15, 0.2) is 5.78 Å². The highest BCUT2D eigenvalue weighted by atomic mass is 35.5. The molecule has 2 aromatic carbocycles. The minimum atomic E-state index is -0.304. The standard InChI is InChI=1S/C20H13ClFN3OS2/c1-11-23-18-19(28-11)17(13-4-8-15(22)9-5-13)24-25-20(18)27-10-16(26)12-2-6-14(21)7-3-12/h2-9H,10H2,1H3. The Bertz CT molecular complexity index is 1160. The summed E-state index contributed by atoms with van der Waals surface area (Å²) in [6.07, 6.45) is 0. The molecule has 140 valence electrons. The van der Waals surface area contributed by atoms with E-state index in [1.165, 1.54) is 35.2 Å². The number of benzene rings is 2. The van der Waals surface area contributed by atoms with Crippen LogP contribution in [0, 0.1) is 12.7 Å². The molecule has 0 radical (unpaired) electrons. The molecule has 0 fully saturated rings. The predicted octanol–water partition coefficient (Wildman–Crippen LogP) is 5.83. The Hall–Kier alpha value is -2.35. The lowest BCUT2D eigenvalue weighted by atomic mass is 10.1. The van der Waals surface area contributed by atoms with Gasteiger partial charge in [0, 0.05) is 16.1 Å². The smallest absolute Gasteiger partial charge is 0.173 e. The van der Waals surface area contributed by atoms with Crippen molar-refractivity contribution in [2.75, 3.05) is 5.75 Å². The second-order valence-corrected chi connectivity index (χ2v) is 8.59. The quantitative estimate of drug-likeness (QED) is 0.295. The van der Waals surface area contributed by atoms with Crippen LogP contribution in [0.4, 0.5) is 4.39 Å². The lowest BCUT2D eigenvalue weighted by molar-refractivity contribution is 0.102. The first-order chi connectivity index (χ1) is 13.5. The Morgan fingerprint density at radius 2 is 1.82 bits per heavy atom. The minimum Gasteiger partial charge on any atom is -0.293 e. The number of nitrogens with zero attached hydrogens (tertiary/aromatic N) is 3. The van der Waals surface area contributed by atoms with Gasteiger partial charge in [-0.25, -0.2) is 9.37 Å². The van der Waals surface area contributed by atoms with Gasteiger partial charge in [-0.15, -0.1) is 21.5 Å². The monoisotopic (exact) mass is 429 g/mol. The number of aromatic nitrogens is 3. The van der Waals surface area contributed by atoms with Gasteiger partial charge in [-0.2, -0.15) is 0 Å². The molecule has 0 saturated heterocycles. The van der Waals surface area contributed by atoms with Crippen LogP contribution in [0.25, 0.3) is 21.5 Å². The van der Waals surface area contributed by atoms with E-state index >= 15 is 0 Å². The van der Waals surface area contributed by atoms with Gasteiger partial charge in [-0.05, 0) is 55.5 Å². The summed E-state index contributed by atoms with van der Waals surface area (Å²) >= 11 is 8.68. The first-order valence-corrected chi connectivity index (χ1v) is 10.5. The number of halogens is 2. The summed E-state index contributed by atoms with van der Waals surface area (Å²) < 4.78 is 14.1. The van der Waals surface area contributed by atoms with E-state index in [0.29, 0.717) is 26.8 Å². The minimum absolute atomic E-state index is 0.0221. The number of thiazole rings is 1. The molecule has 0 saturated carbocycles. The van der Waals surface area contributed by atoms with Crippen molar-refractivity contribution in [2.24, 2.45) is 0 Å². The topological polar surface area (TPSA) is 55.7 Å². The third-order valence-corrected chi connectivity index (χ3v) is 6.20. The maximum Gasteiger partial charge on any atom is 0.173 e. The average Bonchev–Trinajstić information content (AvgIpc) is 3.09. The molecule has 4 nitrogen and oxygen atoms in total. The molecule has 8 heteroatoms. The Balaban J connectivity index is 1.63. The highest BCUT2D eigenvalue weighted by molar-refractivity contribution is 8.00. The van der Waals surface area contributed by atoms with Crippen molar-refractivity contribution < 1.29 is 9.18 Å². The van der Waals surface area contributed by atoms with Crippen molar-refractivity contribution in [2.45, 2.75) is 11.9 Å². The SMILES string of the molecule is Cc1nc2c(SCC(=O)c3ccc(Cl)cc3)nnc(-c3ccc(F)cc3)c2s1. The zero-order chi connectivity index (χ0) is 19.7. The molecule has 0 atom stereocenters. The highest BCUT2D eigenvalue weighted by Crippen LogP contribution is 2.35. The van der Waals surface area contributed by atoms with Gasteiger partial charge in [0.2, 0.25) is 0 Å². The fourth-order valence-corrected chi connectivity index (χ4v) is 4.60. The van der Waals surface area contributed by atoms with E-state index in [4.69, 9.17) is 11.6 Å². The molecule has 0 amide bonds. The largest absolute Gasteiger partial charge is 0.293 e. The number of carbonyl (C=O) groups excluding carboxylic acids is 1. The van der Waals surface area contributed by atoms with Crippen molar-refractivity contribution in [1.82, 2.24) is 15.2 Å². The Morgan fingerprint density at radius 1 is 1.11 bits per heavy atom. The number of ketones is 1. The summed E-state index contributed by atoms with van der Waals surface area (Å²) in [5.41, 5.74) is 2.74. The molecule has 0 aliphatic carbocycles. The third-order valence-electron chi connectivity index (χ3n) is 4.02. The predicted molar refractivity (Wildman–Crippen MR) is 112 cm³/mol. The van der Waals surface area contributed by atoms with E-state index in [1.54, 1.807) is 36.4 Å². The summed E-state index contributed by atoms with van der Waals surface area (Å²) in [4.78, 5) is 17.0. The maximum absolute atomic E-state index is 13.2. The second kappa shape index (κ2) is 7.95. The number of hydrogen-bond donors (Lipinski definition) is 0. The number of fused-ring (bicyclic) bond motifs is 1. The van der Waals surface area contributed by atoms with E-state index in [9.17, 15) is 9.18 Å². The number of carbonyl (C=O) groups is 1. The lowest BCUT2D eigenvalue weighted by Gasteiger charge is -2.05. The number of thioether (sulfide) groups is 1. The fourth-order valence-electron chi connectivity index (χ4n) is 2.67. The van der Waals surface area contributed by atoms with Crippen LogP contribution in [0.2, 0.25) is 5.02 Å². The van der Waals surface area contributed by atoms with E-state index in [2.05, 4.69) is 15.2 Å². The summed E-state index contributed by atoms with van der Waals surface area (Å²) in [6, 6.07) is 12.9. The van der Waals surface area contributed by atoms with Crippen LogP contribution in [-0.2, 0) is 0 Å². The van der Waals surface area contributed by atoms with Crippen molar-refractivity contribution >= 4 is 50.7 Å². The van der Waals surface area contributed by atoms with Crippen LogP contribution >= 0.6 is 34.7 Å². The van der Waals surface area contributed by atoms with Crippen molar-refractivity contribution in [3.8, 4) is 11.3 Å². The molecule has 0 spiro atoms. The van der Waals surface area contributed by atoms with Gasteiger partial charge in [0.25, 0.3) is 0 Å². The fraction of sp³-hybridized carbons (Fsp3) is 0.100. The Kier molecular flexibility index (Phi) is 5.39. The van der Waals surface area contributed by atoms with Crippen LogP contribution < -0.4 is 0 Å². The molecule has 2 aromatic heterocycles. The number of hydrogen-bond acceptors (Lipinski definition) is 6. The van der Waals surface area contributed by atoms with Crippen molar-refractivity contribution in [3.63, 3.8) is 0 Å². The van der Waals surface area contributed by atoms with Gasteiger partial charge in [0.1, 0.15) is 22.1 Å². The lowest BCUT2D eigenvalue weighted by Crippen LogP contribution is -2.03. The Labute approximate surface area is 173 Å². The molecule has 4 aromatic rings. The molecule has 0 bridgehead atoms. The van der Waals surface area contributed by atoms with E-state index < -0.39 is 0 Å². The van der Waals surface area contributed by atoms with Crippen molar-refractivity contribution in [3.05, 3.63) is 69.9 Å². The van der Waals surface area contributed by atoms with Gasteiger partial charge < -0.3 is 0 Å². The van der Waals surface area contributed by atoms with Gasteiger partial charge in [0.05, 0.1) is 15.5 Å². The zero-order valence-corrected chi connectivity index (χ0v) is 17.0. The molecule has 2 heterocycles. The first-order valence-electron chi connectivity index (χ1n) is 8.32. The molecule has 0 aliphatic rings. The second-order valence-electron chi connectivity index (χ2n) is 5.99. The summed E-state index contributed by atoms with van der Waals surface area (Å²) in [6.45, 7) is 1.91. The van der Waals surface area contributed by atoms with Gasteiger partial charge in [-0.1, -0.05) is 23.4 Å². The molecule has 0 aliphatic heterocycles. The molecule has 4 rings (SSSR count). The molecule has 0 N–H and O–H groups in total. The number of rotatable bonds is 5. The van der Waals surface area contributed by atoms with Crippen LogP contribution in [0.15, 0.2) is 53.6 Å². The third kappa shape index (κ3) is 3.92. The maximum atomic E-state index is 13.2. The summed E-state index contributed by atoms with van der Waals surface area (Å²) in [5.74, 6) is -0.106. The van der Waals surface area contributed by atoms with Gasteiger partial charge in [-0.3, -0.25) is 4.79 Å². The van der Waals surface area contributed by atoms with Crippen molar-refractivity contribution in [1.29, 1.82) is 0 Å². The Morgan fingerprint density at radius 3 is 2.54 bits per heavy atom. The zero-order valence-electron chi connectivity index (χ0n) is 14.6. The van der Waals surface area contributed by atoms with Crippen LogP contribution in [0.3, 0.4) is 0 Å². The van der Waals surface area contributed by atoms with Gasteiger partial charge >= 0.3 is 0 Å². The van der Waals surface area contributed by atoms with Crippen LogP contribution in [-0.4, -0.2) is 26.7 Å². The van der Waals surface area contributed by atoms with Crippen LogP contribution in [0.5, 0.6) is 0 Å². The highest BCUT2D eigenvalue weighted by Gasteiger charge is 2.17.